The first-order chi connectivity index (χ1) is 7.65. The second-order valence-corrected chi connectivity index (χ2v) is 5.32. The van der Waals surface area contributed by atoms with Crippen LogP contribution in [0.25, 0.3) is 0 Å². The monoisotopic (exact) mass is 288 g/mol. The van der Waals surface area contributed by atoms with Gasteiger partial charge in [-0.25, -0.2) is 0 Å². The average molecular weight is 289 g/mol. The molecular weight excluding hydrogens is 281 g/mol. The molecule has 1 aromatic carbocycles. The normalized spacial score (nSPS) is 12.8. The Hall–Kier alpha value is -0.790. The SMILES string of the molecule is COS(=O)(=O)Cc1cc(C(F)(F)F)ccc1Cl. The van der Waals surface area contributed by atoms with Crippen molar-refractivity contribution < 1.29 is 25.8 Å². The highest BCUT2D eigenvalue weighted by atomic mass is 35.5. The van der Waals surface area contributed by atoms with Crippen LogP contribution in [0.15, 0.2) is 18.2 Å². The van der Waals surface area contributed by atoms with Crippen LogP contribution in [-0.2, 0) is 26.2 Å². The van der Waals surface area contributed by atoms with Crippen LogP contribution in [0.5, 0.6) is 0 Å². The third kappa shape index (κ3) is 3.86. The van der Waals surface area contributed by atoms with Gasteiger partial charge in [-0.2, -0.15) is 21.6 Å². The quantitative estimate of drug-likeness (QED) is 0.803. The van der Waals surface area contributed by atoms with Gasteiger partial charge in [0.2, 0.25) is 0 Å². The summed E-state index contributed by atoms with van der Waals surface area (Å²) in [5.74, 6) is -0.702. The predicted octanol–water partition coefficient (Wildman–Crippen LogP) is 2.84. The fraction of sp³-hybridized carbons (Fsp3) is 0.333. The van der Waals surface area contributed by atoms with Gasteiger partial charge in [-0.1, -0.05) is 11.6 Å². The van der Waals surface area contributed by atoms with Crippen molar-refractivity contribution in [3.8, 4) is 0 Å². The number of hydrogen-bond donors (Lipinski definition) is 0. The summed E-state index contributed by atoms with van der Waals surface area (Å²) in [6, 6.07) is 2.48. The molecule has 1 rings (SSSR count). The molecule has 8 heteroatoms. The van der Waals surface area contributed by atoms with Crippen LogP contribution in [0.3, 0.4) is 0 Å². The molecule has 0 radical (unpaired) electrons. The van der Waals surface area contributed by atoms with Crippen molar-refractivity contribution in [3.05, 3.63) is 34.3 Å². The fourth-order valence-corrected chi connectivity index (χ4v) is 2.11. The van der Waals surface area contributed by atoms with Gasteiger partial charge in [-0.05, 0) is 23.8 Å². The first kappa shape index (κ1) is 14.3. The predicted molar refractivity (Wildman–Crippen MR) is 56.1 cm³/mol. The van der Waals surface area contributed by atoms with Gasteiger partial charge in [0.25, 0.3) is 10.1 Å². The molecule has 0 aliphatic heterocycles. The number of hydrogen-bond acceptors (Lipinski definition) is 3. The zero-order valence-corrected chi connectivity index (χ0v) is 10.2. The molecule has 0 N–H and O–H groups in total. The topological polar surface area (TPSA) is 43.4 Å². The minimum Gasteiger partial charge on any atom is -0.273 e. The molecule has 0 atom stereocenters. The van der Waals surface area contributed by atoms with Gasteiger partial charge >= 0.3 is 6.18 Å². The van der Waals surface area contributed by atoms with E-state index in [1.807, 2.05) is 0 Å². The highest BCUT2D eigenvalue weighted by molar-refractivity contribution is 7.85. The second kappa shape index (κ2) is 4.83. The van der Waals surface area contributed by atoms with E-state index in [0.717, 1.165) is 19.2 Å². The molecule has 17 heavy (non-hydrogen) atoms. The largest absolute Gasteiger partial charge is 0.416 e. The summed E-state index contributed by atoms with van der Waals surface area (Å²) >= 11 is 5.62. The first-order valence-corrected chi connectivity index (χ1v) is 6.25. The van der Waals surface area contributed by atoms with E-state index < -0.39 is 27.6 Å². The van der Waals surface area contributed by atoms with Crippen molar-refractivity contribution in [1.82, 2.24) is 0 Å². The highest BCUT2D eigenvalue weighted by Crippen LogP contribution is 2.32. The number of benzene rings is 1. The summed E-state index contributed by atoms with van der Waals surface area (Å²) in [5, 5.41) is -0.0568. The third-order valence-electron chi connectivity index (χ3n) is 1.96. The highest BCUT2D eigenvalue weighted by Gasteiger charge is 2.31. The van der Waals surface area contributed by atoms with Crippen molar-refractivity contribution in [3.63, 3.8) is 0 Å². The maximum Gasteiger partial charge on any atom is 0.416 e. The van der Waals surface area contributed by atoms with Gasteiger partial charge in [0.1, 0.15) is 5.75 Å². The molecule has 0 saturated heterocycles. The molecule has 0 aliphatic carbocycles. The molecule has 96 valence electrons. The zero-order valence-electron chi connectivity index (χ0n) is 8.58. The summed E-state index contributed by atoms with van der Waals surface area (Å²) in [6.45, 7) is 0. The lowest BCUT2D eigenvalue weighted by Gasteiger charge is -2.10. The van der Waals surface area contributed by atoms with Crippen LogP contribution in [0.2, 0.25) is 5.02 Å². The van der Waals surface area contributed by atoms with Gasteiger partial charge in [0, 0.05) is 5.02 Å². The van der Waals surface area contributed by atoms with Crippen molar-refractivity contribution in [1.29, 1.82) is 0 Å². The van der Waals surface area contributed by atoms with E-state index in [-0.39, 0.29) is 10.6 Å². The zero-order chi connectivity index (χ0) is 13.3. The third-order valence-corrected chi connectivity index (χ3v) is 3.50. The van der Waals surface area contributed by atoms with Crippen molar-refractivity contribution in [2.45, 2.75) is 11.9 Å². The smallest absolute Gasteiger partial charge is 0.273 e. The molecule has 0 amide bonds. The minimum atomic E-state index is -4.55. The van der Waals surface area contributed by atoms with E-state index in [1.54, 1.807) is 0 Å². The Morgan fingerprint density at radius 2 is 1.94 bits per heavy atom. The molecular formula is C9H8ClF3O3S. The molecule has 0 saturated carbocycles. The van der Waals surface area contributed by atoms with Crippen molar-refractivity contribution >= 4 is 21.7 Å². The van der Waals surface area contributed by atoms with E-state index in [9.17, 15) is 21.6 Å². The Kier molecular flexibility index (Phi) is 4.06. The lowest BCUT2D eigenvalue weighted by Crippen LogP contribution is -2.09. The van der Waals surface area contributed by atoms with Gasteiger partial charge in [-0.15, -0.1) is 0 Å². The Morgan fingerprint density at radius 3 is 2.41 bits per heavy atom. The molecule has 0 aromatic heterocycles. The number of rotatable bonds is 3. The molecule has 0 unspecified atom stereocenters. The average Bonchev–Trinajstić information content (AvgIpc) is 2.19. The van der Waals surface area contributed by atoms with E-state index in [1.165, 1.54) is 0 Å². The molecule has 0 spiro atoms. The Morgan fingerprint density at radius 1 is 1.35 bits per heavy atom. The fourth-order valence-electron chi connectivity index (χ4n) is 1.11. The van der Waals surface area contributed by atoms with Crippen molar-refractivity contribution in [2.24, 2.45) is 0 Å². The van der Waals surface area contributed by atoms with Crippen LogP contribution < -0.4 is 0 Å². The Balaban J connectivity index is 3.17. The summed E-state index contributed by atoms with van der Waals surface area (Å²) < 4.78 is 63.6. The number of halogens is 4. The molecule has 0 fully saturated rings. The summed E-state index contributed by atoms with van der Waals surface area (Å²) in [6.07, 6.45) is -4.55. The van der Waals surface area contributed by atoms with E-state index >= 15 is 0 Å². The molecule has 0 heterocycles. The van der Waals surface area contributed by atoms with E-state index in [2.05, 4.69) is 4.18 Å². The van der Waals surface area contributed by atoms with Gasteiger partial charge in [-0.3, -0.25) is 4.18 Å². The van der Waals surface area contributed by atoms with Gasteiger partial charge in [0.15, 0.2) is 0 Å². The standard InChI is InChI=1S/C9H8ClF3O3S/c1-16-17(14,15)5-6-4-7(9(11,12)13)2-3-8(6)10/h2-4H,5H2,1H3. The first-order valence-electron chi connectivity index (χ1n) is 4.29. The van der Waals surface area contributed by atoms with Crippen molar-refractivity contribution in [2.75, 3.05) is 7.11 Å². The minimum absolute atomic E-state index is 0.0568. The Labute approximate surface area is 101 Å². The van der Waals surface area contributed by atoms with Crippen LogP contribution in [0, 0.1) is 0 Å². The summed E-state index contributed by atoms with van der Waals surface area (Å²) in [5.41, 5.74) is -1.11. The maximum atomic E-state index is 12.4. The van der Waals surface area contributed by atoms with Crippen LogP contribution in [0.4, 0.5) is 13.2 Å². The summed E-state index contributed by atoms with van der Waals surface area (Å²) in [7, 11) is -2.98. The molecule has 3 nitrogen and oxygen atoms in total. The van der Waals surface area contributed by atoms with E-state index in [4.69, 9.17) is 11.6 Å². The van der Waals surface area contributed by atoms with Gasteiger partial charge in [0.05, 0.1) is 12.7 Å². The second-order valence-electron chi connectivity index (χ2n) is 3.17. The van der Waals surface area contributed by atoms with Crippen LogP contribution in [0.1, 0.15) is 11.1 Å². The van der Waals surface area contributed by atoms with Crippen LogP contribution in [-0.4, -0.2) is 15.5 Å². The molecule has 0 bridgehead atoms. The lowest BCUT2D eigenvalue weighted by molar-refractivity contribution is -0.137. The van der Waals surface area contributed by atoms with E-state index in [0.29, 0.717) is 6.07 Å². The lowest BCUT2D eigenvalue weighted by atomic mass is 10.1. The molecule has 0 aliphatic rings. The van der Waals surface area contributed by atoms with Gasteiger partial charge < -0.3 is 0 Å². The summed E-state index contributed by atoms with van der Waals surface area (Å²) in [4.78, 5) is 0. The number of alkyl halides is 3. The molecule has 1 aromatic rings. The van der Waals surface area contributed by atoms with Crippen LogP contribution >= 0.6 is 11.6 Å². The maximum absolute atomic E-state index is 12.4. The Bertz CT molecular complexity index is 511.